The fourth-order valence-corrected chi connectivity index (χ4v) is 2.46. The zero-order valence-corrected chi connectivity index (χ0v) is 22.1. The molecule has 0 unspecified atom stereocenters. The summed E-state index contributed by atoms with van der Waals surface area (Å²) >= 11 is 0. The molecule has 0 heterocycles. The number of aryl methyl sites for hydroxylation is 2. The van der Waals surface area contributed by atoms with Crippen molar-refractivity contribution < 1.29 is 9.13 Å². The average Bonchev–Trinajstić information content (AvgIpc) is 3.51. The van der Waals surface area contributed by atoms with E-state index in [1.165, 1.54) is 36.7 Å². The van der Waals surface area contributed by atoms with Gasteiger partial charge in [-0.05, 0) is 78.9 Å². The molecule has 31 heavy (non-hydrogen) atoms. The van der Waals surface area contributed by atoms with Gasteiger partial charge in [-0.1, -0.05) is 87.6 Å². The first-order valence-electron chi connectivity index (χ1n) is 11.8. The Morgan fingerprint density at radius 1 is 0.968 bits per heavy atom. The Hall–Kier alpha value is -1.83. The lowest BCUT2D eigenvalue weighted by Gasteiger charge is -2.16. The molecule has 0 amide bonds. The Morgan fingerprint density at radius 2 is 1.39 bits per heavy atom. The highest BCUT2D eigenvalue weighted by molar-refractivity contribution is 5.37. The standard InChI is InChI=1S/C10H15F.C8H10.C6H12O.C5H12/c1-4-9(7(2)3)10(11)8-5-6-8;1-7-3-5-8(2)6-4-7;1-5-7-6(2,3)4;1-3-5-4-2/h4-6H2,1-3H3;3-6H,1-2H3;5H,1H2,2-4H3;3-5H2,1-2H3. The van der Waals surface area contributed by atoms with Crippen LogP contribution in [0.2, 0.25) is 0 Å². The van der Waals surface area contributed by atoms with Gasteiger partial charge in [0.1, 0.15) is 5.83 Å². The van der Waals surface area contributed by atoms with Gasteiger partial charge in [-0.2, -0.15) is 0 Å². The molecule has 1 nitrogen and oxygen atoms in total. The van der Waals surface area contributed by atoms with E-state index in [1.54, 1.807) is 0 Å². The van der Waals surface area contributed by atoms with Gasteiger partial charge < -0.3 is 4.74 Å². The van der Waals surface area contributed by atoms with Crippen molar-refractivity contribution in [3.8, 4) is 0 Å². The van der Waals surface area contributed by atoms with E-state index in [9.17, 15) is 4.39 Å². The van der Waals surface area contributed by atoms with Gasteiger partial charge in [0.05, 0.1) is 11.9 Å². The van der Waals surface area contributed by atoms with Gasteiger partial charge in [0.15, 0.2) is 0 Å². The van der Waals surface area contributed by atoms with Crippen LogP contribution < -0.4 is 0 Å². The van der Waals surface area contributed by atoms with Crippen LogP contribution >= 0.6 is 0 Å². The van der Waals surface area contributed by atoms with Crippen LogP contribution in [0.1, 0.15) is 105 Å². The summed E-state index contributed by atoms with van der Waals surface area (Å²) in [5.41, 5.74) is 5.64. The number of unbranched alkanes of at least 4 members (excludes halogenated alkanes) is 2. The van der Waals surface area contributed by atoms with Crippen molar-refractivity contribution in [2.75, 3.05) is 0 Å². The van der Waals surface area contributed by atoms with E-state index in [0.717, 1.165) is 36.0 Å². The van der Waals surface area contributed by atoms with E-state index >= 15 is 0 Å². The second-order valence-corrected chi connectivity index (χ2v) is 9.15. The summed E-state index contributed by atoms with van der Waals surface area (Å²) in [6, 6.07) is 8.48. The third-order valence-corrected chi connectivity index (χ3v) is 4.39. The molecule has 2 rings (SSSR count). The average molecular weight is 433 g/mol. The minimum atomic E-state index is -0.0677. The van der Waals surface area contributed by atoms with Crippen LogP contribution in [0.15, 0.2) is 59.7 Å². The molecule has 0 saturated heterocycles. The maximum absolute atomic E-state index is 13.3. The Kier molecular flexibility index (Phi) is 18.0. The van der Waals surface area contributed by atoms with E-state index in [2.05, 4.69) is 58.5 Å². The molecule has 1 aliphatic rings. The molecule has 1 saturated carbocycles. The lowest BCUT2D eigenvalue weighted by molar-refractivity contribution is 0.0775. The number of benzene rings is 1. The summed E-state index contributed by atoms with van der Waals surface area (Å²) in [6.07, 6.45) is 8.30. The first-order valence-corrected chi connectivity index (χ1v) is 11.8. The first-order chi connectivity index (χ1) is 14.4. The van der Waals surface area contributed by atoms with Gasteiger partial charge in [-0.15, -0.1) is 0 Å². The molecule has 1 aromatic rings. The minimum absolute atomic E-state index is 0.0677. The molecular formula is C29H49FO. The van der Waals surface area contributed by atoms with Crippen LogP contribution in [0, 0.1) is 13.8 Å². The molecule has 1 aromatic carbocycles. The second-order valence-electron chi connectivity index (χ2n) is 9.15. The second kappa shape index (κ2) is 17.8. The maximum Gasteiger partial charge on any atom is 0.125 e. The van der Waals surface area contributed by atoms with E-state index in [0.29, 0.717) is 0 Å². The molecule has 0 atom stereocenters. The number of halogens is 1. The molecule has 1 aliphatic carbocycles. The number of hydrogen-bond donors (Lipinski definition) is 0. The van der Waals surface area contributed by atoms with Crippen molar-refractivity contribution in [3.05, 3.63) is 70.8 Å². The zero-order valence-electron chi connectivity index (χ0n) is 22.1. The van der Waals surface area contributed by atoms with Crippen molar-refractivity contribution in [1.82, 2.24) is 0 Å². The zero-order chi connectivity index (χ0) is 24.4. The van der Waals surface area contributed by atoms with Gasteiger partial charge in [0.2, 0.25) is 0 Å². The molecule has 0 spiro atoms. The SMILES string of the molecule is C=COC(C)(C)C.CCC(=C(C)C)C(F)=C1CC1.CCCCC.Cc1ccc(C)cc1. The van der Waals surface area contributed by atoms with Crippen molar-refractivity contribution in [2.45, 2.75) is 113 Å². The highest BCUT2D eigenvalue weighted by Gasteiger charge is 2.20. The number of ether oxygens (including phenoxy) is 1. The van der Waals surface area contributed by atoms with Gasteiger partial charge in [-0.25, -0.2) is 4.39 Å². The van der Waals surface area contributed by atoms with Crippen LogP contribution in [0.5, 0.6) is 0 Å². The first kappa shape index (κ1) is 31.4. The van der Waals surface area contributed by atoms with Crippen molar-refractivity contribution in [3.63, 3.8) is 0 Å². The number of rotatable bonds is 5. The van der Waals surface area contributed by atoms with Gasteiger partial charge >= 0.3 is 0 Å². The van der Waals surface area contributed by atoms with Crippen LogP contribution in [-0.4, -0.2) is 5.60 Å². The van der Waals surface area contributed by atoms with Gasteiger partial charge in [0.25, 0.3) is 0 Å². The Balaban J connectivity index is 0. The topological polar surface area (TPSA) is 9.23 Å². The van der Waals surface area contributed by atoms with Crippen molar-refractivity contribution >= 4 is 0 Å². The Morgan fingerprint density at radius 3 is 1.55 bits per heavy atom. The fraction of sp³-hybridized carbons (Fsp3) is 0.586. The summed E-state index contributed by atoms with van der Waals surface area (Å²) in [5, 5.41) is 0. The lowest BCUT2D eigenvalue weighted by atomic mass is 10.1. The highest BCUT2D eigenvalue weighted by atomic mass is 19.1. The molecule has 0 radical (unpaired) electrons. The van der Waals surface area contributed by atoms with Crippen LogP contribution in [0.3, 0.4) is 0 Å². The third kappa shape index (κ3) is 19.9. The normalized spacial score (nSPS) is 11.4. The van der Waals surface area contributed by atoms with Crippen molar-refractivity contribution in [1.29, 1.82) is 0 Å². The van der Waals surface area contributed by atoms with E-state index in [-0.39, 0.29) is 11.4 Å². The quantitative estimate of drug-likeness (QED) is 0.420. The van der Waals surface area contributed by atoms with E-state index in [4.69, 9.17) is 4.74 Å². The third-order valence-electron chi connectivity index (χ3n) is 4.39. The number of allylic oxidation sites excluding steroid dienone is 4. The van der Waals surface area contributed by atoms with Crippen LogP contribution in [0.4, 0.5) is 4.39 Å². The van der Waals surface area contributed by atoms with Crippen LogP contribution in [0.25, 0.3) is 0 Å². The molecule has 0 bridgehead atoms. The summed E-state index contributed by atoms with van der Waals surface area (Å²) in [5.74, 6) is 0.0764. The maximum atomic E-state index is 13.3. The predicted molar refractivity (Wildman–Crippen MR) is 138 cm³/mol. The van der Waals surface area contributed by atoms with Crippen molar-refractivity contribution in [2.24, 2.45) is 0 Å². The molecule has 1 fully saturated rings. The molecule has 2 heteroatoms. The fourth-order valence-electron chi connectivity index (χ4n) is 2.46. The molecule has 0 aromatic heterocycles. The lowest BCUT2D eigenvalue weighted by Crippen LogP contribution is -2.14. The monoisotopic (exact) mass is 432 g/mol. The highest BCUT2D eigenvalue weighted by Crippen LogP contribution is 2.37. The Labute approximate surface area is 193 Å². The molecule has 0 N–H and O–H groups in total. The Bertz CT molecular complexity index is 624. The van der Waals surface area contributed by atoms with Gasteiger partial charge in [-0.3, -0.25) is 0 Å². The smallest absolute Gasteiger partial charge is 0.125 e. The van der Waals surface area contributed by atoms with Gasteiger partial charge in [0, 0.05) is 0 Å². The number of hydrogen-bond acceptors (Lipinski definition) is 1. The summed E-state index contributed by atoms with van der Waals surface area (Å²) in [6.45, 7) is 23.9. The predicted octanol–water partition coefficient (Wildman–Crippen LogP) is 10.2. The van der Waals surface area contributed by atoms with E-state index < -0.39 is 0 Å². The largest absolute Gasteiger partial charge is 0.496 e. The summed E-state index contributed by atoms with van der Waals surface area (Å²) in [7, 11) is 0. The summed E-state index contributed by atoms with van der Waals surface area (Å²) in [4.78, 5) is 0. The van der Waals surface area contributed by atoms with E-state index in [1.807, 2.05) is 41.5 Å². The molecule has 0 aliphatic heterocycles. The van der Waals surface area contributed by atoms with Crippen LogP contribution in [-0.2, 0) is 4.74 Å². The summed E-state index contributed by atoms with van der Waals surface area (Å²) < 4.78 is 18.3. The molecular weight excluding hydrogens is 383 g/mol. The molecule has 178 valence electrons. The minimum Gasteiger partial charge on any atom is -0.496 e.